The first kappa shape index (κ1) is 18.7. The van der Waals surface area contributed by atoms with Gasteiger partial charge in [-0.1, -0.05) is 0 Å². The van der Waals surface area contributed by atoms with Crippen LogP contribution in [0.4, 0.5) is 0 Å². The summed E-state index contributed by atoms with van der Waals surface area (Å²) in [7, 11) is 1.87. The van der Waals surface area contributed by atoms with Gasteiger partial charge in [0, 0.05) is 25.0 Å². The van der Waals surface area contributed by atoms with Gasteiger partial charge in [0.2, 0.25) is 0 Å². The third-order valence-corrected chi connectivity index (χ3v) is 2.91. The van der Waals surface area contributed by atoms with Gasteiger partial charge in [-0.25, -0.2) is 4.98 Å². The van der Waals surface area contributed by atoms with Crippen LogP contribution < -0.4 is 10.6 Å². The summed E-state index contributed by atoms with van der Waals surface area (Å²) in [6, 6.07) is 4.18. The lowest BCUT2D eigenvalue weighted by atomic mass is 10.3. The summed E-state index contributed by atoms with van der Waals surface area (Å²) >= 11 is 0. The van der Waals surface area contributed by atoms with Crippen molar-refractivity contribution in [2.75, 3.05) is 13.6 Å². The number of aromatic nitrogens is 2. The zero-order valence-electron chi connectivity index (χ0n) is 11.7. The Bertz CT molecular complexity index is 570. The predicted octanol–water partition coefficient (Wildman–Crippen LogP) is 1.82. The van der Waals surface area contributed by atoms with Crippen LogP contribution in [0.3, 0.4) is 0 Å². The Balaban J connectivity index is 0.00000180. The molecule has 1 amide bonds. The number of carbonyl (C=O) groups excluding carboxylic acids is 1. The van der Waals surface area contributed by atoms with E-state index in [1.54, 1.807) is 6.20 Å². The summed E-state index contributed by atoms with van der Waals surface area (Å²) in [5.74, 6) is -0.140. The second-order valence-electron chi connectivity index (χ2n) is 4.50. The molecule has 0 aliphatic carbocycles. The largest absolute Gasteiger partial charge is 0.349 e. The van der Waals surface area contributed by atoms with Gasteiger partial charge in [0.25, 0.3) is 5.91 Å². The first-order chi connectivity index (χ1) is 8.60. The van der Waals surface area contributed by atoms with E-state index in [0.717, 1.165) is 11.2 Å². The van der Waals surface area contributed by atoms with Crippen LogP contribution in [0, 0.1) is 6.92 Å². The van der Waals surface area contributed by atoms with E-state index in [2.05, 4.69) is 15.6 Å². The number of hydrogen-bond donors (Lipinski definition) is 2. The number of amides is 1. The fourth-order valence-corrected chi connectivity index (χ4v) is 1.63. The number of likely N-dealkylation sites (N-methyl/N-ethyl adjacent to an activating group) is 1. The minimum atomic E-state index is -0.140. The third kappa shape index (κ3) is 4.37. The molecule has 1 unspecified atom stereocenters. The molecule has 0 spiro atoms. The van der Waals surface area contributed by atoms with E-state index in [1.807, 2.05) is 43.6 Å². The van der Waals surface area contributed by atoms with Crippen molar-refractivity contribution in [3.63, 3.8) is 0 Å². The number of imidazole rings is 1. The SMILES string of the molecule is CNC(C)CNC(=O)c1cn2ccc(C)cc2n1.Cl.Cl. The minimum Gasteiger partial charge on any atom is -0.349 e. The fraction of sp³-hybridized carbons (Fsp3) is 0.385. The molecule has 2 aromatic heterocycles. The highest BCUT2D eigenvalue weighted by Gasteiger charge is 2.11. The quantitative estimate of drug-likeness (QED) is 0.904. The van der Waals surface area contributed by atoms with E-state index in [0.29, 0.717) is 12.2 Å². The molecule has 0 bridgehead atoms. The molecule has 0 aliphatic heterocycles. The van der Waals surface area contributed by atoms with Crippen LogP contribution in [0.1, 0.15) is 23.0 Å². The number of nitrogens with zero attached hydrogens (tertiary/aromatic N) is 2. The molecule has 1 atom stereocenters. The molecule has 20 heavy (non-hydrogen) atoms. The van der Waals surface area contributed by atoms with E-state index < -0.39 is 0 Å². The maximum absolute atomic E-state index is 11.9. The number of carbonyl (C=O) groups is 1. The van der Waals surface area contributed by atoms with E-state index >= 15 is 0 Å². The highest BCUT2D eigenvalue weighted by molar-refractivity contribution is 5.92. The highest BCUT2D eigenvalue weighted by atomic mass is 35.5. The van der Waals surface area contributed by atoms with Gasteiger partial charge in [0.1, 0.15) is 11.3 Å². The molecule has 0 saturated heterocycles. The molecule has 0 fully saturated rings. The van der Waals surface area contributed by atoms with E-state index in [9.17, 15) is 4.79 Å². The normalized spacial score (nSPS) is 11.3. The number of pyridine rings is 1. The molecule has 0 saturated carbocycles. The highest BCUT2D eigenvalue weighted by Crippen LogP contribution is 2.07. The summed E-state index contributed by atoms with van der Waals surface area (Å²) < 4.78 is 1.85. The Morgan fingerprint density at radius 3 is 2.80 bits per heavy atom. The Morgan fingerprint density at radius 1 is 1.45 bits per heavy atom. The Hall–Kier alpha value is -1.30. The van der Waals surface area contributed by atoms with Gasteiger partial charge in [-0.2, -0.15) is 0 Å². The maximum Gasteiger partial charge on any atom is 0.271 e. The van der Waals surface area contributed by atoms with Gasteiger partial charge in [0.15, 0.2) is 0 Å². The van der Waals surface area contributed by atoms with Gasteiger partial charge < -0.3 is 15.0 Å². The van der Waals surface area contributed by atoms with Gasteiger partial charge in [0.05, 0.1) is 0 Å². The molecular formula is C13H20Cl2N4O. The summed E-state index contributed by atoms with van der Waals surface area (Å²) in [6.45, 7) is 4.60. The predicted molar refractivity (Wildman–Crippen MR) is 85.3 cm³/mol. The van der Waals surface area contributed by atoms with Crippen molar-refractivity contribution in [3.05, 3.63) is 35.8 Å². The van der Waals surface area contributed by atoms with E-state index in [1.165, 1.54) is 0 Å². The van der Waals surface area contributed by atoms with Gasteiger partial charge in [-0.15, -0.1) is 24.8 Å². The van der Waals surface area contributed by atoms with Crippen molar-refractivity contribution in [2.24, 2.45) is 0 Å². The van der Waals surface area contributed by atoms with Gasteiger partial charge in [-0.3, -0.25) is 4.79 Å². The first-order valence-corrected chi connectivity index (χ1v) is 6.01. The van der Waals surface area contributed by atoms with Crippen LogP contribution in [0.25, 0.3) is 5.65 Å². The van der Waals surface area contributed by atoms with Crippen LogP contribution in [0.2, 0.25) is 0 Å². The number of fused-ring (bicyclic) bond motifs is 1. The van der Waals surface area contributed by atoms with Crippen molar-refractivity contribution in [1.82, 2.24) is 20.0 Å². The van der Waals surface area contributed by atoms with Crippen LogP contribution >= 0.6 is 24.8 Å². The monoisotopic (exact) mass is 318 g/mol. The van der Waals surface area contributed by atoms with Crippen LogP contribution in [-0.2, 0) is 0 Å². The molecule has 0 aliphatic rings. The molecule has 2 heterocycles. The molecule has 0 radical (unpaired) electrons. The van der Waals surface area contributed by atoms with E-state index in [-0.39, 0.29) is 36.8 Å². The lowest BCUT2D eigenvalue weighted by molar-refractivity contribution is 0.0946. The lowest BCUT2D eigenvalue weighted by Crippen LogP contribution is -2.37. The smallest absolute Gasteiger partial charge is 0.271 e. The summed E-state index contributed by atoms with van der Waals surface area (Å²) in [6.07, 6.45) is 3.65. The van der Waals surface area contributed by atoms with Gasteiger partial charge >= 0.3 is 0 Å². The Kier molecular flexibility index (Phi) is 7.57. The number of aryl methyl sites for hydroxylation is 1. The molecular weight excluding hydrogens is 299 g/mol. The minimum absolute atomic E-state index is 0. The van der Waals surface area contributed by atoms with Crippen LogP contribution in [0.5, 0.6) is 0 Å². The van der Waals surface area contributed by atoms with Crippen molar-refractivity contribution in [3.8, 4) is 0 Å². The van der Waals surface area contributed by atoms with Crippen molar-refractivity contribution < 1.29 is 4.79 Å². The first-order valence-electron chi connectivity index (χ1n) is 6.01. The van der Waals surface area contributed by atoms with Crippen molar-refractivity contribution in [1.29, 1.82) is 0 Å². The standard InChI is InChI=1S/C13H18N4O.2ClH/c1-9-4-5-17-8-11(16-12(17)6-9)13(18)15-7-10(2)14-3;;/h4-6,8,10,14H,7H2,1-3H3,(H,15,18);2*1H. The van der Waals surface area contributed by atoms with E-state index in [4.69, 9.17) is 0 Å². The molecule has 7 heteroatoms. The Labute approximate surface area is 131 Å². The lowest BCUT2D eigenvalue weighted by Gasteiger charge is -2.09. The van der Waals surface area contributed by atoms with Crippen LogP contribution in [-0.4, -0.2) is 34.9 Å². The van der Waals surface area contributed by atoms with Gasteiger partial charge in [-0.05, 0) is 38.6 Å². The summed E-state index contributed by atoms with van der Waals surface area (Å²) in [5.41, 5.74) is 2.37. The third-order valence-electron chi connectivity index (χ3n) is 2.91. The maximum atomic E-state index is 11.9. The Morgan fingerprint density at radius 2 is 2.15 bits per heavy atom. The molecule has 112 valence electrons. The summed E-state index contributed by atoms with van der Waals surface area (Å²) in [5, 5.41) is 5.91. The molecule has 2 aromatic rings. The number of hydrogen-bond acceptors (Lipinski definition) is 3. The molecule has 0 aromatic carbocycles. The zero-order valence-corrected chi connectivity index (χ0v) is 13.3. The second-order valence-corrected chi connectivity index (χ2v) is 4.50. The average Bonchev–Trinajstić information content (AvgIpc) is 2.78. The number of halogens is 2. The molecule has 2 rings (SSSR count). The van der Waals surface area contributed by atoms with Crippen LogP contribution in [0.15, 0.2) is 24.5 Å². The second kappa shape index (κ2) is 8.09. The molecule has 5 nitrogen and oxygen atoms in total. The molecule has 2 N–H and O–H groups in total. The topological polar surface area (TPSA) is 58.4 Å². The van der Waals surface area contributed by atoms with Crippen molar-refractivity contribution in [2.45, 2.75) is 19.9 Å². The number of rotatable bonds is 4. The number of nitrogens with one attached hydrogen (secondary N) is 2. The van der Waals surface area contributed by atoms with Crippen molar-refractivity contribution >= 4 is 36.4 Å². The fourth-order valence-electron chi connectivity index (χ4n) is 1.63. The zero-order chi connectivity index (χ0) is 13.1. The summed E-state index contributed by atoms with van der Waals surface area (Å²) in [4.78, 5) is 16.2. The average molecular weight is 319 g/mol.